The Morgan fingerprint density at radius 3 is 2.09 bits per heavy atom. The summed E-state index contributed by atoms with van der Waals surface area (Å²) in [5, 5.41) is 9.54. The first-order chi connectivity index (χ1) is 10.7. The first-order valence-electron chi connectivity index (χ1n) is 6.80. The predicted molar refractivity (Wildman–Crippen MR) is 80.9 cm³/mol. The van der Waals surface area contributed by atoms with Crippen molar-refractivity contribution in [2.24, 2.45) is 0 Å². The lowest BCUT2D eigenvalue weighted by Crippen LogP contribution is -1.97. The van der Waals surface area contributed by atoms with Crippen LogP contribution >= 0.6 is 0 Å². The SMILES string of the molecule is OCc1nc(-c2cccc(F)c2)ccc1-c1cccc(F)c1. The maximum atomic E-state index is 13.4. The van der Waals surface area contributed by atoms with Gasteiger partial charge in [0.15, 0.2) is 0 Å². The summed E-state index contributed by atoms with van der Waals surface area (Å²) >= 11 is 0. The van der Waals surface area contributed by atoms with Crippen LogP contribution in [0.2, 0.25) is 0 Å². The van der Waals surface area contributed by atoms with Crippen LogP contribution < -0.4 is 0 Å². The molecule has 1 heterocycles. The van der Waals surface area contributed by atoms with Crippen molar-refractivity contribution < 1.29 is 13.9 Å². The molecular weight excluding hydrogens is 284 g/mol. The Bertz CT molecular complexity index is 818. The Labute approximate surface area is 126 Å². The number of pyridine rings is 1. The Morgan fingerprint density at radius 2 is 1.45 bits per heavy atom. The molecule has 0 atom stereocenters. The minimum absolute atomic E-state index is 0.283. The summed E-state index contributed by atoms with van der Waals surface area (Å²) in [5.41, 5.74) is 2.90. The van der Waals surface area contributed by atoms with E-state index in [1.54, 1.807) is 36.4 Å². The van der Waals surface area contributed by atoms with Gasteiger partial charge in [-0.05, 0) is 35.9 Å². The summed E-state index contributed by atoms with van der Waals surface area (Å²) in [6, 6.07) is 15.7. The predicted octanol–water partition coefficient (Wildman–Crippen LogP) is 4.19. The molecule has 0 saturated carbocycles. The normalized spacial score (nSPS) is 10.7. The summed E-state index contributed by atoms with van der Waals surface area (Å²) < 4.78 is 26.7. The van der Waals surface area contributed by atoms with Crippen LogP contribution in [0.1, 0.15) is 5.69 Å². The molecule has 22 heavy (non-hydrogen) atoms. The highest BCUT2D eigenvalue weighted by Crippen LogP contribution is 2.27. The number of aliphatic hydroxyl groups excluding tert-OH is 1. The smallest absolute Gasteiger partial charge is 0.123 e. The van der Waals surface area contributed by atoms with Crippen molar-refractivity contribution in [3.63, 3.8) is 0 Å². The number of halogens is 2. The highest BCUT2D eigenvalue weighted by molar-refractivity contribution is 5.69. The molecule has 2 aromatic carbocycles. The second kappa shape index (κ2) is 6.03. The van der Waals surface area contributed by atoms with E-state index in [-0.39, 0.29) is 18.2 Å². The number of benzene rings is 2. The van der Waals surface area contributed by atoms with Gasteiger partial charge in [-0.3, -0.25) is 0 Å². The second-order valence-electron chi connectivity index (χ2n) is 4.87. The van der Waals surface area contributed by atoms with Crippen molar-refractivity contribution in [1.82, 2.24) is 4.98 Å². The third-order valence-corrected chi connectivity index (χ3v) is 3.38. The lowest BCUT2D eigenvalue weighted by atomic mass is 10.0. The van der Waals surface area contributed by atoms with Gasteiger partial charge in [-0.1, -0.05) is 30.3 Å². The minimum Gasteiger partial charge on any atom is -0.390 e. The third-order valence-electron chi connectivity index (χ3n) is 3.38. The van der Waals surface area contributed by atoms with E-state index in [4.69, 9.17) is 0 Å². The van der Waals surface area contributed by atoms with Crippen molar-refractivity contribution in [3.8, 4) is 22.4 Å². The molecule has 2 nitrogen and oxygen atoms in total. The fourth-order valence-corrected chi connectivity index (χ4v) is 2.35. The standard InChI is InChI=1S/C18H13F2NO/c19-14-5-1-3-12(9-14)16-7-8-17(21-18(16)11-22)13-4-2-6-15(20)10-13/h1-10,22H,11H2. The quantitative estimate of drug-likeness (QED) is 0.786. The molecule has 0 saturated heterocycles. The molecule has 0 aliphatic rings. The van der Waals surface area contributed by atoms with Crippen LogP contribution in [0.4, 0.5) is 8.78 Å². The van der Waals surface area contributed by atoms with Gasteiger partial charge in [0, 0.05) is 11.1 Å². The molecule has 0 spiro atoms. The molecule has 0 aliphatic heterocycles. The topological polar surface area (TPSA) is 33.1 Å². The number of aliphatic hydroxyl groups is 1. The number of rotatable bonds is 3. The van der Waals surface area contributed by atoms with Gasteiger partial charge >= 0.3 is 0 Å². The monoisotopic (exact) mass is 297 g/mol. The Hall–Kier alpha value is -2.59. The zero-order chi connectivity index (χ0) is 15.5. The van der Waals surface area contributed by atoms with E-state index in [0.29, 0.717) is 28.1 Å². The summed E-state index contributed by atoms with van der Waals surface area (Å²) in [4.78, 5) is 4.37. The average Bonchev–Trinajstić information content (AvgIpc) is 2.54. The van der Waals surface area contributed by atoms with E-state index >= 15 is 0 Å². The zero-order valence-electron chi connectivity index (χ0n) is 11.6. The van der Waals surface area contributed by atoms with Gasteiger partial charge in [-0.25, -0.2) is 13.8 Å². The van der Waals surface area contributed by atoms with Gasteiger partial charge in [-0.15, -0.1) is 0 Å². The average molecular weight is 297 g/mol. The zero-order valence-corrected chi connectivity index (χ0v) is 11.6. The number of hydrogen-bond donors (Lipinski definition) is 1. The van der Waals surface area contributed by atoms with Crippen LogP contribution in [-0.2, 0) is 6.61 Å². The maximum Gasteiger partial charge on any atom is 0.123 e. The van der Waals surface area contributed by atoms with Gasteiger partial charge < -0.3 is 5.11 Å². The van der Waals surface area contributed by atoms with Crippen molar-refractivity contribution in [2.45, 2.75) is 6.61 Å². The van der Waals surface area contributed by atoms with Gasteiger partial charge in [-0.2, -0.15) is 0 Å². The summed E-state index contributed by atoms with van der Waals surface area (Å²) in [7, 11) is 0. The van der Waals surface area contributed by atoms with Crippen molar-refractivity contribution >= 4 is 0 Å². The van der Waals surface area contributed by atoms with Gasteiger partial charge in [0.25, 0.3) is 0 Å². The van der Waals surface area contributed by atoms with E-state index in [0.717, 1.165) is 0 Å². The van der Waals surface area contributed by atoms with Gasteiger partial charge in [0.1, 0.15) is 11.6 Å². The molecule has 0 amide bonds. The molecular formula is C18H13F2NO. The van der Waals surface area contributed by atoms with E-state index in [1.807, 2.05) is 0 Å². The van der Waals surface area contributed by atoms with Crippen molar-refractivity contribution in [2.75, 3.05) is 0 Å². The number of hydrogen-bond acceptors (Lipinski definition) is 2. The summed E-state index contributed by atoms with van der Waals surface area (Å²) in [6.45, 7) is -0.283. The molecule has 0 fully saturated rings. The lowest BCUT2D eigenvalue weighted by molar-refractivity contribution is 0.277. The van der Waals surface area contributed by atoms with Gasteiger partial charge in [0.2, 0.25) is 0 Å². The molecule has 0 unspecified atom stereocenters. The highest BCUT2D eigenvalue weighted by atomic mass is 19.1. The molecule has 110 valence electrons. The van der Waals surface area contributed by atoms with E-state index in [1.165, 1.54) is 24.3 Å². The van der Waals surface area contributed by atoms with Crippen LogP contribution in [0.3, 0.4) is 0 Å². The molecule has 1 N–H and O–H groups in total. The molecule has 0 bridgehead atoms. The number of aromatic nitrogens is 1. The number of nitrogens with zero attached hydrogens (tertiary/aromatic N) is 1. The summed E-state index contributed by atoms with van der Waals surface area (Å²) in [5.74, 6) is -0.699. The van der Waals surface area contributed by atoms with Crippen LogP contribution in [0, 0.1) is 11.6 Å². The molecule has 4 heteroatoms. The fraction of sp³-hybridized carbons (Fsp3) is 0.0556. The maximum absolute atomic E-state index is 13.4. The Morgan fingerprint density at radius 1 is 0.818 bits per heavy atom. The van der Waals surface area contributed by atoms with Crippen LogP contribution in [0.15, 0.2) is 60.7 Å². The van der Waals surface area contributed by atoms with Crippen molar-refractivity contribution in [1.29, 1.82) is 0 Å². The van der Waals surface area contributed by atoms with E-state index in [9.17, 15) is 13.9 Å². The van der Waals surface area contributed by atoms with Crippen LogP contribution in [-0.4, -0.2) is 10.1 Å². The minimum atomic E-state index is -0.351. The van der Waals surface area contributed by atoms with E-state index < -0.39 is 0 Å². The fourth-order valence-electron chi connectivity index (χ4n) is 2.35. The van der Waals surface area contributed by atoms with Gasteiger partial charge in [0.05, 0.1) is 18.0 Å². The molecule has 3 aromatic rings. The highest BCUT2D eigenvalue weighted by Gasteiger charge is 2.10. The first-order valence-corrected chi connectivity index (χ1v) is 6.80. The largest absolute Gasteiger partial charge is 0.390 e. The van der Waals surface area contributed by atoms with Crippen LogP contribution in [0.25, 0.3) is 22.4 Å². The molecule has 0 radical (unpaired) electrons. The van der Waals surface area contributed by atoms with Crippen LogP contribution in [0.5, 0.6) is 0 Å². The molecule has 1 aromatic heterocycles. The second-order valence-corrected chi connectivity index (χ2v) is 4.87. The first kappa shape index (κ1) is 14.4. The molecule has 0 aliphatic carbocycles. The third kappa shape index (κ3) is 2.87. The van der Waals surface area contributed by atoms with E-state index in [2.05, 4.69) is 4.98 Å². The Balaban J connectivity index is 2.08. The van der Waals surface area contributed by atoms with Crippen molar-refractivity contribution in [3.05, 3.63) is 78.0 Å². The lowest BCUT2D eigenvalue weighted by Gasteiger charge is -2.10. The Kier molecular flexibility index (Phi) is 3.94. The summed E-state index contributed by atoms with van der Waals surface area (Å²) in [6.07, 6.45) is 0. The molecule has 3 rings (SSSR count).